The van der Waals surface area contributed by atoms with Gasteiger partial charge < -0.3 is 18.6 Å². The van der Waals surface area contributed by atoms with Crippen molar-refractivity contribution in [2.24, 2.45) is 0 Å². The van der Waals surface area contributed by atoms with E-state index >= 15 is 0 Å². The van der Waals surface area contributed by atoms with Gasteiger partial charge in [0.2, 0.25) is 0 Å². The molecule has 0 atom stereocenters. The highest BCUT2D eigenvalue weighted by Crippen LogP contribution is 2.16. The highest BCUT2D eigenvalue weighted by atomic mass is 16.5. The van der Waals surface area contributed by atoms with E-state index in [9.17, 15) is 4.79 Å². The summed E-state index contributed by atoms with van der Waals surface area (Å²) in [4.78, 5) is 18.1. The summed E-state index contributed by atoms with van der Waals surface area (Å²) >= 11 is 0. The largest absolute Gasteiger partial charge is 0.459 e. The Balaban J connectivity index is 1.38. The summed E-state index contributed by atoms with van der Waals surface area (Å²) < 4.78 is 12.9. The predicted octanol–water partition coefficient (Wildman–Crippen LogP) is 1.64. The van der Waals surface area contributed by atoms with E-state index in [1.165, 1.54) is 6.26 Å². The molecule has 0 saturated heterocycles. The fraction of sp³-hybridized carbons (Fsp3) is 0.294. The minimum atomic E-state index is -0.131. The Morgan fingerprint density at radius 2 is 2.16 bits per heavy atom. The first-order valence-corrected chi connectivity index (χ1v) is 8.01. The summed E-state index contributed by atoms with van der Waals surface area (Å²) in [5, 5.41) is 8.39. The zero-order chi connectivity index (χ0) is 17.1. The van der Waals surface area contributed by atoms with Crippen molar-refractivity contribution in [1.29, 1.82) is 0 Å². The number of fused-ring (bicyclic) bond motifs is 1. The van der Waals surface area contributed by atoms with Gasteiger partial charge in [-0.1, -0.05) is 6.07 Å². The van der Waals surface area contributed by atoms with Crippen LogP contribution in [0, 0.1) is 0 Å². The first kappa shape index (κ1) is 15.5. The number of furan rings is 1. The Labute approximate surface area is 144 Å². The van der Waals surface area contributed by atoms with E-state index in [2.05, 4.69) is 15.2 Å². The monoisotopic (exact) mass is 339 g/mol. The van der Waals surface area contributed by atoms with Crippen LogP contribution in [0.25, 0.3) is 0 Å². The summed E-state index contributed by atoms with van der Waals surface area (Å²) in [5.74, 6) is 1.73. The molecule has 3 aromatic heterocycles. The Morgan fingerprint density at radius 1 is 1.20 bits per heavy atom. The van der Waals surface area contributed by atoms with Gasteiger partial charge in [0, 0.05) is 25.5 Å². The van der Waals surface area contributed by atoms with Crippen LogP contribution in [0.1, 0.15) is 27.8 Å². The fourth-order valence-corrected chi connectivity index (χ4v) is 2.80. The lowest BCUT2D eigenvalue weighted by atomic mass is 10.3. The maximum absolute atomic E-state index is 12.4. The van der Waals surface area contributed by atoms with Gasteiger partial charge in [0.15, 0.2) is 17.4 Å². The average Bonchev–Trinajstić information content (AvgIpc) is 3.32. The van der Waals surface area contributed by atoms with Gasteiger partial charge in [-0.05, 0) is 23.8 Å². The number of carbonyl (C=O) groups is 1. The summed E-state index contributed by atoms with van der Waals surface area (Å²) in [6.07, 6.45) is 5.00. The first-order chi connectivity index (χ1) is 12.3. The molecular weight excluding hydrogens is 322 g/mol. The number of nitrogens with zero attached hydrogens (tertiary/aromatic N) is 5. The minimum absolute atomic E-state index is 0.131. The van der Waals surface area contributed by atoms with Gasteiger partial charge in [-0.25, -0.2) is 0 Å². The standard InChI is InChI=1S/C17H17N5O3/c23-17(14-4-2-8-25-14)21-6-7-22-15(10-21)19-20-16(22)12-24-11-13-3-1-5-18-9-13/h1-5,8-9H,6-7,10-12H2. The van der Waals surface area contributed by atoms with E-state index in [-0.39, 0.29) is 5.91 Å². The third-order valence-electron chi connectivity index (χ3n) is 4.07. The molecular formula is C17H17N5O3. The van der Waals surface area contributed by atoms with E-state index in [4.69, 9.17) is 9.15 Å². The number of amides is 1. The third kappa shape index (κ3) is 3.29. The Morgan fingerprint density at radius 3 is 2.96 bits per heavy atom. The van der Waals surface area contributed by atoms with Crippen molar-refractivity contribution >= 4 is 5.91 Å². The average molecular weight is 339 g/mol. The summed E-state index contributed by atoms with van der Waals surface area (Å²) in [6.45, 7) is 2.48. The lowest BCUT2D eigenvalue weighted by molar-refractivity contribution is 0.0665. The smallest absolute Gasteiger partial charge is 0.290 e. The van der Waals surface area contributed by atoms with Crippen LogP contribution in [0.5, 0.6) is 0 Å². The van der Waals surface area contributed by atoms with Crippen LogP contribution in [0.2, 0.25) is 0 Å². The van der Waals surface area contributed by atoms with Crippen LogP contribution in [0.15, 0.2) is 47.3 Å². The summed E-state index contributed by atoms with van der Waals surface area (Å²) in [6, 6.07) is 7.21. The molecule has 0 unspecified atom stereocenters. The van der Waals surface area contributed by atoms with Crippen molar-refractivity contribution in [2.45, 2.75) is 26.3 Å². The number of carbonyl (C=O) groups excluding carboxylic acids is 1. The molecule has 3 aromatic rings. The second kappa shape index (κ2) is 6.86. The molecule has 0 fully saturated rings. The van der Waals surface area contributed by atoms with Gasteiger partial charge in [-0.2, -0.15) is 0 Å². The zero-order valence-corrected chi connectivity index (χ0v) is 13.5. The topological polar surface area (TPSA) is 86.3 Å². The number of rotatable bonds is 5. The molecule has 1 aliphatic rings. The number of aromatic nitrogens is 4. The fourth-order valence-electron chi connectivity index (χ4n) is 2.80. The Bertz CT molecular complexity index is 845. The van der Waals surface area contributed by atoms with Gasteiger partial charge in [0.25, 0.3) is 5.91 Å². The van der Waals surface area contributed by atoms with E-state index in [0.717, 1.165) is 17.2 Å². The summed E-state index contributed by atoms with van der Waals surface area (Å²) in [5.41, 5.74) is 1.01. The van der Waals surface area contributed by atoms with E-state index in [1.54, 1.807) is 29.4 Å². The number of hydrogen-bond donors (Lipinski definition) is 0. The first-order valence-electron chi connectivity index (χ1n) is 8.01. The molecule has 0 aromatic carbocycles. The van der Waals surface area contributed by atoms with Gasteiger partial charge in [0.05, 0.1) is 19.4 Å². The SMILES string of the molecule is O=C(c1ccco1)N1CCn2c(COCc3cccnc3)nnc2C1. The van der Waals surface area contributed by atoms with E-state index in [1.807, 2.05) is 16.7 Å². The predicted molar refractivity (Wildman–Crippen MR) is 86.2 cm³/mol. The van der Waals surface area contributed by atoms with Crippen LogP contribution in [0.3, 0.4) is 0 Å². The number of pyridine rings is 1. The van der Waals surface area contributed by atoms with Crippen molar-refractivity contribution in [3.05, 3.63) is 65.9 Å². The molecule has 0 aliphatic carbocycles. The molecule has 4 rings (SSSR count). The van der Waals surface area contributed by atoms with Crippen molar-refractivity contribution in [2.75, 3.05) is 6.54 Å². The molecule has 0 spiro atoms. The van der Waals surface area contributed by atoms with Gasteiger partial charge in [-0.15, -0.1) is 10.2 Å². The van der Waals surface area contributed by atoms with Crippen molar-refractivity contribution in [3.63, 3.8) is 0 Å². The quantitative estimate of drug-likeness (QED) is 0.702. The molecule has 25 heavy (non-hydrogen) atoms. The number of hydrogen-bond acceptors (Lipinski definition) is 6. The van der Waals surface area contributed by atoms with E-state index in [0.29, 0.717) is 38.6 Å². The van der Waals surface area contributed by atoms with Crippen LogP contribution in [-0.2, 0) is 31.0 Å². The normalized spacial score (nSPS) is 13.7. The molecule has 0 radical (unpaired) electrons. The lowest BCUT2D eigenvalue weighted by Gasteiger charge is -2.27. The highest BCUT2D eigenvalue weighted by Gasteiger charge is 2.26. The molecule has 0 N–H and O–H groups in total. The maximum Gasteiger partial charge on any atom is 0.290 e. The van der Waals surface area contributed by atoms with Crippen LogP contribution in [-0.4, -0.2) is 37.1 Å². The minimum Gasteiger partial charge on any atom is -0.459 e. The van der Waals surface area contributed by atoms with Gasteiger partial charge in [-0.3, -0.25) is 9.78 Å². The van der Waals surface area contributed by atoms with Crippen molar-refractivity contribution in [3.8, 4) is 0 Å². The molecule has 1 aliphatic heterocycles. The van der Waals surface area contributed by atoms with Crippen LogP contribution < -0.4 is 0 Å². The van der Waals surface area contributed by atoms with Crippen LogP contribution in [0.4, 0.5) is 0 Å². The Kier molecular flexibility index (Phi) is 4.26. The number of ether oxygens (including phenoxy) is 1. The second-order valence-corrected chi connectivity index (χ2v) is 5.74. The molecule has 128 valence electrons. The molecule has 0 bridgehead atoms. The molecule has 4 heterocycles. The van der Waals surface area contributed by atoms with E-state index < -0.39 is 0 Å². The highest BCUT2D eigenvalue weighted by molar-refractivity contribution is 5.91. The molecule has 0 saturated carbocycles. The van der Waals surface area contributed by atoms with Crippen LogP contribution >= 0.6 is 0 Å². The summed E-state index contributed by atoms with van der Waals surface area (Å²) in [7, 11) is 0. The third-order valence-corrected chi connectivity index (χ3v) is 4.07. The van der Waals surface area contributed by atoms with Gasteiger partial charge in [0.1, 0.15) is 6.61 Å². The molecule has 1 amide bonds. The van der Waals surface area contributed by atoms with Gasteiger partial charge >= 0.3 is 0 Å². The maximum atomic E-state index is 12.4. The van der Waals surface area contributed by atoms with Crippen molar-refractivity contribution < 1.29 is 13.9 Å². The zero-order valence-electron chi connectivity index (χ0n) is 13.5. The second-order valence-electron chi connectivity index (χ2n) is 5.74. The lowest BCUT2D eigenvalue weighted by Crippen LogP contribution is -2.38. The Hall–Kier alpha value is -3.00. The molecule has 8 heteroatoms. The molecule has 8 nitrogen and oxygen atoms in total. The van der Waals surface area contributed by atoms with Crippen molar-refractivity contribution in [1.82, 2.24) is 24.6 Å².